The quantitative estimate of drug-likeness (QED) is 0.147. The van der Waals surface area contributed by atoms with Gasteiger partial charge in [0.2, 0.25) is 0 Å². The van der Waals surface area contributed by atoms with Gasteiger partial charge in [-0.15, -0.1) is 24.0 Å². The van der Waals surface area contributed by atoms with E-state index >= 15 is 0 Å². The van der Waals surface area contributed by atoms with Gasteiger partial charge in [0.1, 0.15) is 0 Å². The molecule has 0 unspecified atom stereocenters. The molecule has 0 bridgehead atoms. The topological polar surface area (TPSA) is 72.0 Å². The fourth-order valence-corrected chi connectivity index (χ4v) is 2.19. The predicted molar refractivity (Wildman–Crippen MR) is 108 cm³/mol. The van der Waals surface area contributed by atoms with Crippen molar-refractivity contribution < 1.29 is 14.3 Å². The summed E-state index contributed by atoms with van der Waals surface area (Å²) in [4.78, 5) is 15.2. The van der Waals surface area contributed by atoms with E-state index in [-0.39, 0.29) is 29.9 Å². The summed E-state index contributed by atoms with van der Waals surface area (Å²) in [7, 11) is 3.22. The van der Waals surface area contributed by atoms with Gasteiger partial charge in [-0.25, -0.2) is 0 Å². The molecule has 6 nitrogen and oxygen atoms in total. The van der Waals surface area contributed by atoms with Gasteiger partial charge in [-0.1, -0.05) is 12.8 Å². The summed E-state index contributed by atoms with van der Waals surface area (Å²) in [5.41, 5.74) is 0. The molecule has 142 valence electrons. The van der Waals surface area contributed by atoms with E-state index in [1.54, 1.807) is 7.05 Å². The summed E-state index contributed by atoms with van der Waals surface area (Å²) >= 11 is 0. The lowest BCUT2D eigenvalue weighted by molar-refractivity contribution is -0.140. The number of nitrogens with zero attached hydrogens (tertiary/aromatic N) is 1. The van der Waals surface area contributed by atoms with Crippen LogP contribution < -0.4 is 10.6 Å². The zero-order chi connectivity index (χ0) is 16.8. The molecule has 24 heavy (non-hydrogen) atoms. The number of hydrogen-bond donors (Lipinski definition) is 2. The molecule has 0 atom stereocenters. The number of guanidine groups is 1. The largest absolute Gasteiger partial charge is 0.469 e. The fourth-order valence-electron chi connectivity index (χ4n) is 2.19. The molecule has 0 radical (unpaired) electrons. The summed E-state index contributed by atoms with van der Waals surface area (Å²) in [5.74, 6) is 1.57. The summed E-state index contributed by atoms with van der Waals surface area (Å²) in [6.45, 7) is 3.53. The van der Waals surface area contributed by atoms with Crippen LogP contribution in [-0.2, 0) is 14.3 Å². The second-order valence-corrected chi connectivity index (χ2v) is 6.04. The third-order valence-corrected chi connectivity index (χ3v) is 3.86. The van der Waals surface area contributed by atoms with Crippen molar-refractivity contribution in [3.8, 4) is 0 Å². The van der Waals surface area contributed by atoms with Crippen molar-refractivity contribution in [2.75, 3.05) is 40.5 Å². The molecule has 1 fully saturated rings. The Labute approximate surface area is 163 Å². The highest BCUT2D eigenvalue weighted by molar-refractivity contribution is 14.0. The number of rotatable bonds is 13. The maximum Gasteiger partial charge on any atom is 0.305 e. The Bertz CT molecular complexity index is 350. The maximum atomic E-state index is 11.0. The van der Waals surface area contributed by atoms with Gasteiger partial charge in [0.25, 0.3) is 0 Å². The molecule has 0 saturated heterocycles. The highest BCUT2D eigenvalue weighted by Gasteiger charge is 2.20. The van der Waals surface area contributed by atoms with Crippen LogP contribution in [0, 0.1) is 5.92 Å². The highest BCUT2D eigenvalue weighted by Crippen LogP contribution is 2.28. The molecular formula is C17H34IN3O3. The third-order valence-electron chi connectivity index (χ3n) is 3.86. The zero-order valence-corrected chi connectivity index (χ0v) is 17.5. The Balaban J connectivity index is 0.00000529. The first-order chi connectivity index (χ1) is 11.3. The van der Waals surface area contributed by atoms with Crippen LogP contribution in [0.1, 0.15) is 51.4 Å². The number of hydrogen-bond acceptors (Lipinski definition) is 4. The van der Waals surface area contributed by atoms with Crippen molar-refractivity contribution in [3.63, 3.8) is 0 Å². The zero-order valence-electron chi connectivity index (χ0n) is 15.1. The van der Waals surface area contributed by atoms with Gasteiger partial charge in [-0.05, 0) is 38.0 Å². The van der Waals surface area contributed by atoms with Crippen molar-refractivity contribution >= 4 is 35.9 Å². The number of carbonyl (C=O) groups is 1. The van der Waals surface area contributed by atoms with Gasteiger partial charge in [0.05, 0.1) is 7.11 Å². The van der Waals surface area contributed by atoms with E-state index in [0.29, 0.717) is 6.42 Å². The Morgan fingerprint density at radius 2 is 1.75 bits per heavy atom. The van der Waals surface area contributed by atoms with Gasteiger partial charge in [0, 0.05) is 39.8 Å². The van der Waals surface area contributed by atoms with Crippen molar-refractivity contribution in [2.24, 2.45) is 10.9 Å². The molecule has 0 amide bonds. The maximum absolute atomic E-state index is 11.0. The van der Waals surface area contributed by atoms with Crippen LogP contribution in [0.5, 0.6) is 0 Å². The van der Waals surface area contributed by atoms with Crippen LogP contribution in [0.4, 0.5) is 0 Å². The van der Waals surface area contributed by atoms with Crippen LogP contribution in [0.25, 0.3) is 0 Å². The van der Waals surface area contributed by atoms with Gasteiger partial charge in [0.15, 0.2) is 5.96 Å². The molecule has 0 aliphatic heterocycles. The first-order valence-electron chi connectivity index (χ1n) is 8.85. The van der Waals surface area contributed by atoms with Crippen LogP contribution in [0.2, 0.25) is 0 Å². The van der Waals surface area contributed by atoms with Crippen molar-refractivity contribution in [1.29, 1.82) is 0 Å². The Kier molecular flexibility index (Phi) is 15.6. The molecule has 1 saturated carbocycles. The Hall–Kier alpha value is -0.570. The monoisotopic (exact) mass is 455 g/mol. The molecule has 0 spiro atoms. The van der Waals surface area contributed by atoms with Gasteiger partial charge >= 0.3 is 5.97 Å². The molecule has 1 aliphatic rings. The summed E-state index contributed by atoms with van der Waals surface area (Å²) in [6.07, 6.45) is 8.36. The molecule has 0 aromatic heterocycles. The first kappa shape index (κ1) is 23.4. The number of carbonyl (C=O) groups excluding carboxylic acids is 1. The van der Waals surface area contributed by atoms with Crippen LogP contribution >= 0.6 is 24.0 Å². The third kappa shape index (κ3) is 13.8. The second-order valence-electron chi connectivity index (χ2n) is 6.04. The number of esters is 1. The standard InChI is InChI=1S/C17H33N3O3.HI/c1-18-17(20-12-7-13-23-14-15-9-10-15)19-11-6-4-3-5-8-16(21)22-2;/h15H,3-14H2,1-2H3,(H2,18,19,20);1H. The van der Waals surface area contributed by atoms with E-state index in [0.717, 1.165) is 70.3 Å². The Morgan fingerprint density at radius 3 is 2.38 bits per heavy atom. The number of unbranched alkanes of at least 4 members (excludes halogenated alkanes) is 3. The molecule has 0 heterocycles. The van der Waals surface area contributed by atoms with Gasteiger partial charge in [-0.3, -0.25) is 9.79 Å². The second kappa shape index (κ2) is 15.9. The number of nitrogens with one attached hydrogen (secondary N) is 2. The molecule has 1 aliphatic carbocycles. The molecule has 0 aromatic carbocycles. The first-order valence-corrected chi connectivity index (χ1v) is 8.85. The van der Waals surface area contributed by atoms with Crippen LogP contribution in [-0.4, -0.2) is 52.4 Å². The lowest BCUT2D eigenvalue weighted by atomic mass is 10.1. The number of halogens is 1. The minimum Gasteiger partial charge on any atom is -0.469 e. The van der Waals surface area contributed by atoms with E-state index in [1.165, 1.54) is 20.0 Å². The summed E-state index contributed by atoms with van der Waals surface area (Å²) in [5, 5.41) is 6.60. The molecule has 1 rings (SSSR count). The smallest absolute Gasteiger partial charge is 0.305 e. The number of aliphatic imine (C=N–C) groups is 1. The summed E-state index contributed by atoms with van der Waals surface area (Å²) in [6, 6.07) is 0. The lowest BCUT2D eigenvalue weighted by Gasteiger charge is -2.11. The minimum atomic E-state index is -0.117. The fraction of sp³-hybridized carbons (Fsp3) is 0.882. The molecule has 0 aromatic rings. The molecule has 7 heteroatoms. The van der Waals surface area contributed by atoms with E-state index in [9.17, 15) is 4.79 Å². The van der Waals surface area contributed by atoms with Crippen molar-refractivity contribution in [2.45, 2.75) is 51.4 Å². The average Bonchev–Trinajstić information content (AvgIpc) is 3.39. The van der Waals surface area contributed by atoms with Crippen molar-refractivity contribution in [3.05, 3.63) is 0 Å². The van der Waals surface area contributed by atoms with E-state index < -0.39 is 0 Å². The summed E-state index contributed by atoms with van der Waals surface area (Å²) < 4.78 is 10.2. The predicted octanol–water partition coefficient (Wildman–Crippen LogP) is 2.71. The number of ether oxygens (including phenoxy) is 2. The minimum absolute atomic E-state index is 0. The van der Waals surface area contributed by atoms with Crippen LogP contribution in [0.15, 0.2) is 4.99 Å². The highest BCUT2D eigenvalue weighted by atomic mass is 127. The van der Waals surface area contributed by atoms with Crippen LogP contribution in [0.3, 0.4) is 0 Å². The van der Waals surface area contributed by atoms with E-state index in [4.69, 9.17) is 4.74 Å². The van der Waals surface area contributed by atoms with Gasteiger partial charge in [-0.2, -0.15) is 0 Å². The SMILES string of the molecule is CN=C(NCCCCCCC(=O)OC)NCCCOCC1CC1.I. The Morgan fingerprint density at radius 1 is 1.08 bits per heavy atom. The molecule has 2 N–H and O–H groups in total. The lowest BCUT2D eigenvalue weighted by Crippen LogP contribution is -2.38. The normalized spacial score (nSPS) is 14.0. The van der Waals surface area contributed by atoms with Crippen molar-refractivity contribution in [1.82, 2.24) is 10.6 Å². The molecular weight excluding hydrogens is 421 g/mol. The van der Waals surface area contributed by atoms with E-state index in [1.807, 2.05) is 0 Å². The van der Waals surface area contributed by atoms with Gasteiger partial charge < -0.3 is 20.1 Å². The average molecular weight is 455 g/mol. The number of methoxy groups -OCH3 is 1. The van der Waals surface area contributed by atoms with E-state index in [2.05, 4.69) is 20.4 Å².